The third-order valence-electron chi connectivity index (χ3n) is 6.09. The number of aliphatic hydroxyl groups is 1. The summed E-state index contributed by atoms with van der Waals surface area (Å²) in [6.07, 6.45) is 0. The van der Waals surface area contributed by atoms with E-state index in [2.05, 4.69) is 0 Å². The molecule has 1 aliphatic rings. The van der Waals surface area contributed by atoms with E-state index < -0.39 is 17.7 Å². The topological polar surface area (TPSA) is 66.8 Å². The number of benzene rings is 3. The number of halogens is 1. The highest BCUT2D eigenvalue weighted by Gasteiger charge is 2.48. The van der Waals surface area contributed by atoms with Crippen LogP contribution in [0.5, 0.6) is 5.75 Å². The van der Waals surface area contributed by atoms with Crippen molar-refractivity contribution in [3.63, 3.8) is 0 Å². The SMILES string of the molecule is COc1ccccc1C1/C(=C(\O)c2ccc(C)c(C)c2)C(=O)C(=O)N1c1ccc(C)c(Cl)c1. The first kappa shape index (κ1) is 22.6. The number of ether oxygens (including phenoxy) is 1. The molecule has 1 amide bonds. The maximum Gasteiger partial charge on any atom is 0.300 e. The zero-order chi connectivity index (χ0) is 23.9. The van der Waals surface area contributed by atoms with Crippen molar-refractivity contribution < 1.29 is 19.4 Å². The van der Waals surface area contributed by atoms with E-state index in [0.717, 1.165) is 16.7 Å². The highest BCUT2D eigenvalue weighted by Crippen LogP contribution is 2.45. The molecule has 168 valence electrons. The molecule has 0 bridgehead atoms. The number of carbonyl (C=O) groups is 2. The molecular weight excluding hydrogens is 438 g/mol. The minimum absolute atomic E-state index is 0.00412. The molecule has 1 fully saturated rings. The van der Waals surface area contributed by atoms with Crippen LogP contribution in [-0.2, 0) is 9.59 Å². The molecule has 1 unspecified atom stereocenters. The van der Waals surface area contributed by atoms with Gasteiger partial charge in [-0.3, -0.25) is 14.5 Å². The number of amides is 1. The summed E-state index contributed by atoms with van der Waals surface area (Å²) in [7, 11) is 1.52. The summed E-state index contributed by atoms with van der Waals surface area (Å²) in [6.45, 7) is 5.75. The van der Waals surface area contributed by atoms with E-state index in [9.17, 15) is 14.7 Å². The maximum atomic E-state index is 13.3. The maximum absolute atomic E-state index is 13.3. The second kappa shape index (κ2) is 8.75. The second-order valence-electron chi connectivity index (χ2n) is 8.14. The predicted octanol–water partition coefficient (Wildman–Crippen LogP) is 5.90. The van der Waals surface area contributed by atoms with E-state index in [-0.39, 0.29) is 11.3 Å². The third kappa shape index (κ3) is 3.89. The minimum Gasteiger partial charge on any atom is -0.507 e. The predicted molar refractivity (Wildman–Crippen MR) is 130 cm³/mol. The summed E-state index contributed by atoms with van der Waals surface area (Å²) >= 11 is 6.35. The molecule has 4 rings (SSSR count). The quantitative estimate of drug-likeness (QED) is 0.298. The van der Waals surface area contributed by atoms with Crippen LogP contribution in [0.1, 0.15) is 33.9 Å². The average molecular weight is 462 g/mol. The Bertz CT molecular complexity index is 1310. The number of aliphatic hydroxyl groups excluding tert-OH is 1. The minimum atomic E-state index is -0.887. The van der Waals surface area contributed by atoms with E-state index in [0.29, 0.717) is 27.6 Å². The largest absolute Gasteiger partial charge is 0.507 e. The molecule has 1 atom stereocenters. The molecule has 33 heavy (non-hydrogen) atoms. The Labute approximate surface area is 197 Å². The fraction of sp³-hybridized carbons (Fsp3) is 0.185. The lowest BCUT2D eigenvalue weighted by atomic mass is 9.93. The molecule has 5 nitrogen and oxygen atoms in total. The van der Waals surface area contributed by atoms with Crippen molar-refractivity contribution in [1.29, 1.82) is 0 Å². The number of rotatable bonds is 4. The number of Topliss-reactive ketones (excluding diaryl/α,β-unsaturated/α-hetero) is 1. The van der Waals surface area contributed by atoms with Gasteiger partial charge in [-0.2, -0.15) is 0 Å². The summed E-state index contributed by atoms with van der Waals surface area (Å²) in [5.74, 6) is -1.23. The molecular formula is C27H24ClNO4. The highest BCUT2D eigenvalue weighted by molar-refractivity contribution is 6.52. The second-order valence-corrected chi connectivity index (χ2v) is 8.55. The fourth-order valence-corrected chi connectivity index (χ4v) is 4.24. The number of aryl methyl sites for hydroxylation is 3. The van der Waals surface area contributed by atoms with Crippen LogP contribution >= 0.6 is 11.6 Å². The van der Waals surface area contributed by atoms with Crippen molar-refractivity contribution in [3.8, 4) is 5.75 Å². The van der Waals surface area contributed by atoms with Gasteiger partial charge >= 0.3 is 0 Å². The normalized spacial score (nSPS) is 17.5. The first-order valence-corrected chi connectivity index (χ1v) is 10.9. The van der Waals surface area contributed by atoms with Gasteiger partial charge in [0.2, 0.25) is 0 Å². The Kier molecular flexibility index (Phi) is 6.00. The molecule has 0 radical (unpaired) electrons. The monoisotopic (exact) mass is 461 g/mol. The van der Waals surface area contributed by atoms with Gasteiger partial charge in [-0.05, 0) is 61.7 Å². The Morgan fingerprint density at radius 3 is 2.30 bits per heavy atom. The lowest BCUT2D eigenvalue weighted by Crippen LogP contribution is -2.29. The summed E-state index contributed by atoms with van der Waals surface area (Å²) in [6, 6.07) is 16.9. The Morgan fingerprint density at radius 1 is 0.939 bits per heavy atom. The van der Waals surface area contributed by atoms with Gasteiger partial charge in [-0.15, -0.1) is 0 Å². The first-order chi connectivity index (χ1) is 15.7. The number of para-hydroxylation sites is 1. The van der Waals surface area contributed by atoms with Crippen LogP contribution in [0.4, 0.5) is 5.69 Å². The van der Waals surface area contributed by atoms with Crippen molar-refractivity contribution >= 4 is 34.7 Å². The standard InChI is InChI=1S/C27H24ClNO4/c1-15-9-11-18(13-17(15)3)25(30)23-24(20-7-5-6-8-22(20)33-4)29(27(32)26(23)31)19-12-10-16(2)21(28)14-19/h5-14,24,30H,1-4H3/b25-23+. The Balaban J connectivity index is 2.00. The van der Waals surface area contributed by atoms with Gasteiger partial charge in [0, 0.05) is 21.8 Å². The van der Waals surface area contributed by atoms with E-state index in [1.807, 2.05) is 26.8 Å². The van der Waals surface area contributed by atoms with Crippen molar-refractivity contribution in [1.82, 2.24) is 0 Å². The van der Waals surface area contributed by atoms with Crippen LogP contribution in [0.2, 0.25) is 5.02 Å². The first-order valence-electron chi connectivity index (χ1n) is 10.5. The van der Waals surface area contributed by atoms with Crippen molar-refractivity contribution in [3.05, 3.63) is 99.1 Å². The molecule has 3 aromatic carbocycles. The number of hydrogen-bond acceptors (Lipinski definition) is 4. The lowest BCUT2D eigenvalue weighted by Gasteiger charge is -2.27. The summed E-state index contributed by atoms with van der Waals surface area (Å²) < 4.78 is 5.54. The molecule has 6 heteroatoms. The zero-order valence-electron chi connectivity index (χ0n) is 18.8. The van der Waals surface area contributed by atoms with Gasteiger partial charge in [0.15, 0.2) is 0 Å². The molecule has 3 aromatic rings. The van der Waals surface area contributed by atoms with Gasteiger partial charge < -0.3 is 9.84 Å². The van der Waals surface area contributed by atoms with Gasteiger partial charge in [-0.1, -0.05) is 48.0 Å². The van der Waals surface area contributed by atoms with Crippen molar-refractivity contribution in [2.45, 2.75) is 26.8 Å². The van der Waals surface area contributed by atoms with Crippen LogP contribution < -0.4 is 9.64 Å². The zero-order valence-corrected chi connectivity index (χ0v) is 19.6. The Morgan fingerprint density at radius 2 is 1.64 bits per heavy atom. The number of anilines is 1. The van der Waals surface area contributed by atoms with Crippen LogP contribution in [0.3, 0.4) is 0 Å². The van der Waals surface area contributed by atoms with Crippen LogP contribution in [-0.4, -0.2) is 23.9 Å². The molecule has 0 aliphatic carbocycles. The van der Waals surface area contributed by atoms with Crippen molar-refractivity contribution in [2.75, 3.05) is 12.0 Å². The molecule has 1 N–H and O–H groups in total. The van der Waals surface area contributed by atoms with Crippen LogP contribution in [0.15, 0.2) is 66.2 Å². The van der Waals surface area contributed by atoms with Crippen LogP contribution in [0, 0.1) is 20.8 Å². The van der Waals surface area contributed by atoms with Crippen LogP contribution in [0.25, 0.3) is 5.76 Å². The molecule has 1 aliphatic heterocycles. The summed E-state index contributed by atoms with van der Waals surface area (Å²) in [5.41, 5.74) is 4.39. The molecule has 0 saturated carbocycles. The van der Waals surface area contributed by atoms with Gasteiger partial charge in [0.05, 0.1) is 18.7 Å². The van der Waals surface area contributed by atoms with Crippen molar-refractivity contribution in [2.24, 2.45) is 0 Å². The van der Waals surface area contributed by atoms with Gasteiger partial charge in [-0.25, -0.2) is 0 Å². The third-order valence-corrected chi connectivity index (χ3v) is 6.50. The molecule has 0 spiro atoms. The Hall–Kier alpha value is -3.57. The van der Waals surface area contributed by atoms with E-state index in [4.69, 9.17) is 16.3 Å². The van der Waals surface area contributed by atoms with E-state index in [1.165, 1.54) is 12.0 Å². The van der Waals surface area contributed by atoms with E-state index >= 15 is 0 Å². The number of carbonyl (C=O) groups excluding carboxylic acids is 2. The molecule has 1 heterocycles. The average Bonchev–Trinajstić information content (AvgIpc) is 3.07. The van der Waals surface area contributed by atoms with E-state index in [1.54, 1.807) is 54.6 Å². The lowest BCUT2D eigenvalue weighted by molar-refractivity contribution is -0.132. The summed E-state index contributed by atoms with van der Waals surface area (Å²) in [5, 5.41) is 11.8. The molecule has 1 saturated heterocycles. The molecule has 0 aromatic heterocycles. The number of ketones is 1. The van der Waals surface area contributed by atoms with Gasteiger partial charge in [0.25, 0.3) is 11.7 Å². The smallest absolute Gasteiger partial charge is 0.300 e. The fourth-order valence-electron chi connectivity index (χ4n) is 4.06. The van der Waals surface area contributed by atoms with Gasteiger partial charge in [0.1, 0.15) is 11.5 Å². The highest BCUT2D eigenvalue weighted by atomic mass is 35.5. The summed E-state index contributed by atoms with van der Waals surface area (Å²) in [4.78, 5) is 28.0. The number of hydrogen-bond donors (Lipinski definition) is 1. The number of nitrogens with zero attached hydrogens (tertiary/aromatic N) is 1. The number of methoxy groups -OCH3 is 1.